The third kappa shape index (κ3) is 4.27. The SMILES string of the molecule is O=C(NCc1ccncc1)c1ccnc(Nc2cccc(Cl)c2)n1. The number of nitrogens with one attached hydrogen (secondary N) is 2. The lowest BCUT2D eigenvalue weighted by atomic mass is 10.2. The van der Waals surface area contributed by atoms with Gasteiger partial charge in [0.2, 0.25) is 5.95 Å². The van der Waals surface area contributed by atoms with E-state index >= 15 is 0 Å². The molecule has 0 bridgehead atoms. The predicted molar refractivity (Wildman–Crippen MR) is 92.2 cm³/mol. The standard InChI is InChI=1S/C17H14ClN5O/c18-13-2-1-3-14(10-13)22-17-20-9-6-15(23-17)16(24)21-11-12-4-7-19-8-5-12/h1-10H,11H2,(H,21,24)(H,20,22,23). The van der Waals surface area contributed by atoms with Gasteiger partial charge in [0.25, 0.3) is 5.91 Å². The molecule has 0 spiro atoms. The van der Waals surface area contributed by atoms with Crippen LogP contribution in [0.2, 0.25) is 5.02 Å². The highest BCUT2D eigenvalue weighted by Crippen LogP contribution is 2.17. The summed E-state index contributed by atoms with van der Waals surface area (Å²) in [6.07, 6.45) is 4.89. The van der Waals surface area contributed by atoms with E-state index in [-0.39, 0.29) is 11.6 Å². The van der Waals surface area contributed by atoms with Crippen molar-refractivity contribution < 1.29 is 4.79 Å². The summed E-state index contributed by atoms with van der Waals surface area (Å²) in [6.45, 7) is 0.405. The zero-order chi connectivity index (χ0) is 16.8. The van der Waals surface area contributed by atoms with Gasteiger partial charge >= 0.3 is 0 Å². The summed E-state index contributed by atoms with van der Waals surface area (Å²) in [5, 5.41) is 6.43. The van der Waals surface area contributed by atoms with E-state index in [4.69, 9.17) is 11.6 Å². The number of benzene rings is 1. The van der Waals surface area contributed by atoms with Gasteiger partial charge in [-0.05, 0) is 42.0 Å². The topological polar surface area (TPSA) is 79.8 Å². The van der Waals surface area contributed by atoms with Gasteiger partial charge < -0.3 is 10.6 Å². The molecule has 0 fully saturated rings. The van der Waals surface area contributed by atoms with Gasteiger partial charge in [0.05, 0.1) is 0 Å². The van der Waals surface area contributed by atoms with Crippen molar-refractivity contribution in [3.05, 3.63) is 77.3 Å². The molecule has 2 heterocycles. The summed E-state index contributed by atoms with van der Waals surface area (Å²) in [7, 11) is 0. The first-order valence-corrected chi connectivity index (χ1v) is 7.61. The van der Waals surface area contributed by atoms with E-state index in [9.17, 15) is 4.79 Å². The Labute approximate surface area is 143 Å². The first-order chi connectivity index (χ1) is 11.7. The van der Waals surface area contributed by atoms with Crippen LogP contribution >= 0.6 is 11.6 Å². The van der Waals surface area contributed by atoms with Gasteiger partial charge in [-0.1, -0.05) is 17.7 Å². The predicted octanol–water partition coefficient (Wildman–Crippen LogP) is 3.20. The van der Waals surface area contributed by atoms with Crippen LogP contribution < -0.4 is 10.6 Å². The minimum atomic E-state index is -0.275. The summed E-state index contributed by atoms with van der Waals surface area (Å²) in [6, 6.07) is 12.4. The van der Waals surface area contributed by atoms with Crippen molar-refractivity contribution in [2.24, 2.45) is 0 Å². The number of hydrogen-bond acceptors (Lipinski definition) is 5. The fourth-order valence-corrected chi connectivity index (χ4v) is 2.20. The molecule has 24 heavy (non-hydrogen) atoms. The quantitative estimate of drug-likeness (QED) is 0.746. The zero-order valence-electron chi connectivity index (χ0n) is 12.6. The minimum absolute atomic E-state index is 0.275. The molecule has 0 atom stereocenters. The van der Waals surface area contributed by atoms with E-state index in [2.05, 4.69) is 25.6 Å². The van der Waals surface area contributed by atoms with Gasteiger partial charge in [0.15, 0.2) is 0 Å². The van der Waals surface area contributed by atoms with E-state index in [0.29, 0.717) is 17.5 Å². The molecular formula is C17H14ClN5O. The second-order valence-electron chi connectivity index (χ2n) is 4.94. The molecule has 0 aliphatic rings. The molecular weight excluding hydrogens is 326 g/mol. The number of nitrogens with zero attached hydrogens (tertiary/aromatic N) is 3. The molecule has 0 saturated heterocycles. The molecule has 0 aliphatic carbocycles. The number of aromatic nitrogens is 3. The van der Waals surface area contributed by atoms with Crippen molar-refractivity contribution in [2.75, 3.05) is 5.32 Å². The lowest BCUT2D eigenvalue weighted by Crippen LogP contribution is -2.24. The van der Waals surface area contributed by atoms with Crippen LogP contribution in [0.3, 0.4) is 0 Å². The number of hydrogen-bond donors (Lipinski definition) is 2. The summed E-state index contributed by atoms with van der Waals surface area (Å²) >= 11 is 5.94. The third-order valence-corrected chi connectivity index (χ3v) is 3.41. The fraction of sp³-hybridized carbons (Fsp3) is 0.0588. The number of carbonyl (C=O) groups excluding carboxylic acids is 1. The van der Waals surface area contributed by atoms with E-state index in [1.54, 1.807) is 30.6 Å². The Kier molecular flexibility index (Phi) is 4.98. The average Bonchev–Trinajstić information content (AvgIpc) is 2.61. The summed E-state index contributed by atoms with van der Waals surface area (Å²) in [5.41, 5.74) is 1.99. The smallest absolute Gasteiger partial charge is 0.270 e. The molecule has 0 unspecified atom stereocenters. The molecule has 2 N–H and O–H groups in total. The maximum absolute atomic E-state index is 12.2. The Morgan fingerprint density at radius 1 is 1.08 bits per heavy atom. The van der Waals surface area contributed by atoms with Gasteiger partial charge in [-0.25, -0.2) is 9.97 Å². The molecule has 7 heteroatoms. The van der Waals surface area contributed by atoms with Crippen molar-refractivity contribution in [3.8, 4) is 0 Å². The van der Waals surface area contributed by atoms with E-state index in [1.807, 2.05) is 24.3 Å². The highest BCUT2D eigenvalue weighted by molar-refractivity contribution is 6.30. The molecule has 120 valence electrons. The molecule has 6 nitrogen and oxygen atoms in total. The van der Waals surface area contributed by atoms with Crippen LogP contribution in [0.15, 0.2) is 61.1 Å². The second kappa shape index (κ2) is 7.52. The molecule has 1 aromatic carbocycles. The molecule has 3 aromatic rings. The molecule has 0 aliphatic heterocycles. The van der Waals surface area contributed by atoms with Gasteiger partial charge in [0, 0.05) is 35.8 Å². The number of rotatable bonds is 5. The van der Waals surface area contributed by atoms with Gasteiger partial charge in [-0.2, -0.15) is 0 Å². The lowest BCUT2D eigenvalue weighted by molar-refractivity contribution is 0.0946. The number of carbonyl (C=O) groups is 1. The van der Waals surface area contributed by atoms with Crippen molar-refractivity contribution in [1.82, 2.24) is 20.3 Å². The third-order valence-electron chi connectivity index (χ3n) is 3.17. The van der Waals surface area contributed by atoms with Gasteiger partial charge in [-0.15, -0.1) is 0 Å². The molecule has 2 aromatic heterocycles. The van der Waals surface area contributed by atoms with E-state index < -0.39 is 0 Å². The van der Waals surface area contributed by atoms with E-state index in [0.717, 1.165) is 11.3 Å². The van der Waals surface area contributed by atoms with Crippen molar-refractivity contribution in [1.29, 1.82) is 0 Å². The molecule has 3 rings (SSSR count). The van der Waals surface area contributed by atoms with Crippen LogP contribution in [-0.2, 0) is 6.54 Å². The Balaban J connectivity index is 1.67. The Hall–Kier alpha value is -2.99. The van der Waals surface area contributed by atoms with Crippen LogP contribution in [0.1, 0.15) is 16.1 Å². The van der Waals surface area contributed by atoms with Crippen LogP contribution in [0.4, 0.5) is 11.6 Å². The fourth-order valence-electron chi connectivity index (χ4n) is 2.01. The summed E-state index contributed by atoms with van der Waals surface area (Å²) in [5.74, 6) is 0.0529. The second-order valence-corrected chi connectivity index (χ2v) is 5.38. The Morgan fingerprint density at radius 3 is 2.71 bits per heavy atom. The Bertz CT molecular complexity index is 841. The van der Waals surface area contributed by atoms with Crippen molar-refractivity contribution in [2.45, 2.75) is 6.54 Å². The number of amides is 1. The first kappa shape index (κ1) is 15.9. The molecule has 1 amide bonds. The molecule has 0 saturated carbocycles. The first-order valence-electron chi connectivity index (χ1n) is 7.23. The summed E-state index contributed by atoms with van der Waals surface area (Å²) in [4.78, 5) is 24.5. The van der Waals surface area contributed by atoms with Crippen molar-refractivity contribution in [3.63, 3.8) is 0 Å². The Morgan fingerprint density at radius 2 is 1.92 bits per heavy atom. The van der Waals surface area contributed by atoms with Crippen LogP contribution in [0.5, 0.6) is 0 Å². The highest BCUT2D eigenvalue weighted by Gasteiger charge is 2.09. The number of halogens is 1. The van der Waals surface area contributed by atoms with Crippen LogP contribution in [0, 0.1) is 0 Å². The number of pyridine rings is 1. The highest BCUT2D eigenvalue weighted by atomic mass is 35.5. The molecule has 0 radical (unpaired) electrons. The minimum Gasteiger partial charge on any atom is -0.347 e. The monoisotopic (exact) mass is 339 g/mol. The average molecular weight is 340 g/mol. The number of anilines is 2. The van der Waals surface area contributed by atoms with Gasteiger partial charge in [-0.3, -0.25) is 9.78 Å². The zero-order valence-corrected chi connectivity index (χ0v) is 13.4. The normalized spacial score (nSPS) is 10.2. The maximum atomic E-state index is 12.2. The lowest BCUT2D eigenvalue weighted by Gasteiger charge is -2.07. The van der Waals surface area contributed by atoms with Crippen LogP contribution in [0.25, 0.3) is 0 Å². The van der Waals surface area contributed by atoms with E-state index in [1.165, 1.54) is 6.20 Å². The van der Waals surface area contributed by atoms with Crippen LogP contribution in [-0.4, -0.2) is 20.9 Å². The maximum Gasteiger partial charge on any atom is 0.270 e. The largest absolute Gasteiger partial charge is 0.347 e. The van der Waals surface area contributed by atoms with Crippen molar-refractivity contribution >= 4 is 29.1 Å². The summed E-state index contributed by atoms with van der Waals surface area (Å²) < 4.78 is 0. The van der Waals surface area contributed by atoms with Gasteiger partial charge in [0.1, 0.15) is 5.69 Å².